The highest BCUT2D eigenvalue weighted by Gasteiger charge is 2.48. The number of nitrogens with zero attached hydrogens (tertiary/aromatic N) is 2. The number of carbonyl (C=O) groups is 2. The van der Waals surface area contributed by atoms with Crippen LogP contribution in [0.4, 0.5) is 0 Å². The van der Waals surface area contributed by atoms with Gasteiger partial charge < -0.3 is 14.8 Å². The molecule has 1 aromatic heterocycles. The topological polar surface area (TPSA) is 56.4 Å². The molecule has 2 aliphatic rings. The number of nitrogens with one attached hydrogen (secondary N) is 1. The Hall–Kier alpha value is -3.08. The van der Waals surface area contributed by atoms with Gasteiger partial charge >= 0.3 is 0 Å². The van der Waals surface area contributed by atoms with Gasteiger partial charge in [0.1, 0.15) is 6.04 Å². The molecule has 2 amide bonds. The van der Waals surface area contributed by atoms with Crippen molar-refractivity contribution < 1.29 is 9.59 Å². The van der Waals surface area contributed by atoms with E-state index in [4.69, 9.17) is 0 Å². The highest BCUT2D eigenvalue weighted by Crippen LogP contribution is 2.42. The smallest absolute Gasteiger partial charge is 0.246 e. The summed E-state index contributed by atoms with van der Waals surface area (Å²) in [7, 11) is 0. The molecule has 1 unspecified atom stereocenters. The largest absolute Gasteiger partial charge is 0.356 e. The number of carbonyl (C=O) groups excluding carboxylic acids is 2. The number of amides is 2. The van der Waals surface area contributed by atoms with Gasteiger partial charge in [-0.2, -0.15) is 0 Å². The van der Waals surface area contributed by atoms with E-state index in [9.17, 15) is 9.59 Å². The highest BCUT2D eigenvalue weighted by atomic mass is 16.2. The fourth-order valence-electron chi connectivity index (χ4n) is 5.34. The lowest BCUT2D eigenvalue weighted by Crippen LogP contribution is -2.63. The normalized spacial score (nSPS) is 20.7. The molecule has 1 saturated heterocycles. The quantitative estimate of drug-likeness (QED) is 0.602. The Kier molecular flexibility index (Phi) is 5.51. The maximum atomic E-state index is 13.6. The first-order valence-electron chi connectivity index (χ1n) is 12.1. The summed E-state index contributed by atoms with van der Waals surface area (Å²) in [4.78, 5) is 34.4. The van der Waals surface area contributed by atoms with Gasteiger partial charge in [0.15, 0.2) is 0 Å². The number of hydrogen-bond acceptors (Lipinski definition) is 2. The molecular formula is C28H33N3O2. The Morgan fingerprint density at radius 3 is 2.42 bits per heavy atom. The number of fused-ring (bicyclic) bond motifs is 4. The maximum Gasteiger partial charge on any atom is 0.246 e. The van der Waals surface area contributed by atoms with E-state index in [1.807, 2.05) is 17.0 Å². The molecule has 1 fully saturated rings. The van der Waals surface area contributed by atoms with Crippen molar-refractivity contribution in [2.75, 3.05) is 13.1 Å². The summed E-state index contributed by atoms with van der Waals surface area (Å²) in [5.41, 5.74) is 5.58. The van der Waals surface area contributed by atoms with E-state index in [0.717, 1.165) is 34.1 Å². The van der Waals surface area contributed by atoms with Gasteiger partial charge in [0.2, 0.25) is 11.8 Å². The van der Waals surface area contributed by atoms with E-state index in [-0.39, 0.29) is 24.4 Å². The maximum absolute atomic E-state index is 13.6. The second-order valence-corrected chi connectivity index (χ2v) is 10.2. The van der Waals surface area contributed by atoms with Gasteiger partial charge in [0.05, 0.1) is 12.6 Å². The van der Waals surface area contributed by atoms with Gasteiger partial charge in [-0.15, -0.1) is 0 Å². The number of aromatic nitrogens is 1. The summed E-state index contributed by atoms with van der Waals surface area (Å²) in [6.07, 6.45) is 1.47. The third-order valence-electron chi connectivity index (χ3n) is 7.24. The van der Waals surface area contributed by atoms with E-state index < -0.39 is 6.04 Å². The summed E-state index contributed by atoms with van der Waals surface area (Å²) in [6.45, 7) is 9.47. The van der Waals surface area contributed by atoms with Crippen LogP contribution in [0.15, 0.2) is 48.5 Å². The van der Waals surface area contributed by atoms with Crippen LogP contribution < -0.4 is 0 Å². The van der Waals surface area contributed by atoms with E-state index in [2.05, 4.69) is 69.1 Å². The van der Waals surface area contributed by atoms with Crippen LogP contribution in [0, 0.1) is 5.92 Å². The van der Waals surface area contributed by atoms with Crippen LogP contribution in [-0.4, -0.2) is 45.7 Å². The molecule has 172 valence electrons. The van der Waals surface area contributed by atoms with Crippen LogP contribution in [-0.2, 0) is 16.0 Å². The standard InChI is InChI=1S/C28H33N3O2/c1-17(2)13-14-30-16-25(32)31-24(28(30)33)15-22-21-7-5-6-8-23(21)29-26(22)27(31)20-11-9-19(10-12-20)18(3)4/h5-12,17-18,24,27,29H,13-16H2,1-4H3/t24-,27?/m0/s1. The van der Waals surface area contributed by atoms with E-state index in [1.54, 1.807) is 4.90 Å². The Labute approximate surface area is 195 Å². The average molecular weight is 444 g/mol. The lowest BCUT2D eigenvalue weighted by Gasteiger charge is -2.47. The number of H-pyrrole nitrogens is 1. The zero-order valence-corrected chi connectivity index (χ0v) is 20.0. The number of para-hydroxylation sites is 1. The van der Waals surface area contributed by atoms with Crippen LogP contribution in [0.1, 0.15) is 68.5 Å². The summed E-state index contributed by atoms with van der Waals surface area (Å²) >= 11 is 0. The molecule has 2 atom stereocenters. The van der Waals surface area contributed by atoms with E-state index in [0.29, 0.717) is 24.8 Å². The van der Waals surface area contributed by atoms with Crippen LogP contribution in [0.5, 0.6) is 0 Å². The van der Waals surface area contributed by atoms with E-state index >= 15 is 0 Å². The lowest BCUT2D eigenvalue weighted by atomic mass is 9.85. The lowest BCUT2D eigenvalue weighted by molar-refractivity contribution is -0.158. The average Bonchev–Trinajstić information content (AvgIpc) is 3.17. The fourth-order valence-corrected chi connectivity index (χ4v) is 5.34. The van der Waals surface area contributed by atoms with E-state index in [1.165, 1.54) is 5.56 Å². The van der Waals surface area contributed by atoms with Crippen molar-refractivity contribution in [3.8, 4) is 0 Å². The molecule has 5 nitrogen and oxygen atoms in total. The first kappa shape index (κ1) is 21.7. The van der Waals surface area contributed by atoms with Crippen molar-refractivity contribution in [2.24, 2.45) is 5.92 Å². The zero-order valence-electron chi connectivity index (χ0n) is 20.0. The number of rotatable bonds is 5. The van der Waals surface area contributed by atoms with Crippen LogP contribution in [0.3, 0.4) is 0 Å². The number of aromatic amines is 1. The third kappa shape index (κ3) is 3.73. The van der Waals surface area contributed by atoms with Crippen molar-refractivity contribution in [3.05, 3.63) is 70.9 Å². The first-order chi connectivity index (χ1) is 15.8. The number of benzene rings is 2. The fraction of sp³-hybridized carbons (Fsp3) is 0.429. The summed E-state index contributed by atoms with van der Waals surface area (Å²) in [5.74, 6) is 1.04. The SMILES string of the molecule is CC(C)CCN1CC(=O)N2C(c3ccc(C(C)C)cc3)c3[nH]c4ccccc4c3C[C@H]2C1=O. The Morgan fingerprint density at radius 1 is 1.00 bits per heavy atom. The molecule has 3 aromatic rings. The van der Waals surface area contributed by atoms with Gasteiger partial charge in [-0.3, -0.25) is 9.59 Å². The van der Waals surface area contributed by atoms with Gasteiger partial charge in [0.25, 0.3) is 0 Å². The predicted octanol–water partition coefficient (Wildman–Crippen LogP) is 5.02. The molecular weight excluding hydrogens is 410 g/mol. The van der Waals surface area contributed by atoms with Crippen LogP contribution >= 0.6 is 0 Å². The molecule has 2 aromatic carbocycles. The minimum Gasteiger partial charge on any atom is -0.356 e. The second kappa shape index (κ2) is 8.36. The Bertz CT molecular complexity index is 1190. The number of hydrogen-bond donors (Lipinski definition) is 1. The molecule has 0 saturated carbocycles. The molecule has 0 aliphatic carbocycles. The van der Waals surface area contributed by atoms with Crippen molar-refractivity contribution in [3.63, 3.8) is 0 Å². The molecule has 33 heavy (non-hydrogen) atoms. The molecule has 0 bridgehead atoms. The van der Waals surface area contributed by atoms with Gasteiger partial charge in [-0.25, -0.2) is 0 Å². The summed E-state index contributed by atoms with van der Waals surface area (Å²) < 4.78 is 0. The molecule has 1 N–H and O–H groups in total. The minimum absolute atomic E-state index is 0.0330. The Morgan fingerprint density at radius 2 is 1.73 bits per heavy atom. The van der Waals surface area contributed by atoms with Crippen LogP contribution in [0.2, 0.25) is 0 Å². The Balaban J connectivity index is 1.61. The monoisotopic (exact) mass is 443 g/mol. The van der Waals surface area contributed by atoms with Crippen molar-refractivity contribution in [1.29, 1.82) is 0 Å². The molecule has 0 radical (unpaired) electrons. The molecule has 5 rings (SSSR count). The second-order valence-electron chi connectivity index (χ2n) is 10.2. The summed E-state index contributed by atoms with van der Waals surface area (Å²) in [5, 5.41) is 1.15. The first-order valence-corrected chi connectivity index (χ1v) is 12.1. The minimum atomic E-state index is -0.458. The number of piperazine rings is 1. The van der Waals surface area contributed by atoms with Crippen molar-refractivity contribution in [2.45, 2.75) is 58.5 Å². The van der Waals surface area contributed by atoms with Crippen molar-refractivity contribution in [1.82, 2.24) is 14.8 Å². The molecule has 5 heteroatoms. The summed E-state index contributed by atoms with van der Waals surface area (Å²) in [6, 6.07) is 16.1. The van der Waals surface area contributed by atoms with Gasteiger partial charge in [0, 0.05) is 29.6 Å². The van der Waals surface area contributed by atoms with Crippen LogP contribution in [0.25, 0.3) is 10.9 Å². The third-order valence-corrected chi connectivity index (χ3v) is 7.24. The predicted molar refractivity (Wildman–Crippen MR) is 131 cm³/mol. The van der Waals surface area contributed by atoms with Gasteiger partial charge in [-0.1, -0.05) is 70.2 Å². The molecule has 2 aliphatic heterocycles. The molecule has 0 spiro atoms. The van der Waals surface area contributed by atoms with Crippen molar-refractivity contribution >= 4 is 22.7 Å². The highest BCUT2D eigenvalue weighted by molar-refractivity contribution is 5.97. The zero-order chi connectivity index (χ0) is 23.3. The van der Waals surface area contributed by atoms with Gasteiger partial charge in [-0.05, 0) is 41.0 Å². The molecule has 3 heterocycles.